The van der Waals surface area contributed by atoms with Crippen LogP contribution in [0.5, 0.6) is 11.5 Å². The number of anilines is 1. The second-order valence-electron chi connectivity index (χ2n) is 6.78. The number of carbonyl (C=O) groups excluding carboxylic acids is 1. The zero-order chi connectivity index (χ0) is 21.1. The Kier molecular flexibility index (Phi) is 5.72. The van der Waals surface area contributed by atoms with Gasteiger partial charge in [0.25, 0.3) is 5.91 Å². The summed E-state index contributed by atoms with van der Waals surface area (Å²) in [5.74, 6) is 2.17. The fourth-order valence-electron chi connectivity index (χ4n) is 3.37. The molecule has 0 N–H and O–H groups in total. The first-order valence-corrected chi connectivity index (χ1v) is 10.6. The van der Waals surface area contributed by atoms with Gasteiger partial charge in [-0.15, -0.1) is 11.3 Å². The third-order valence-corrected chi connectivity index (χ3v) is 5.73. The van der Waals surface area contributed by atoms with E-state index in [1.54, 1.807) is 19.1 Å². The Hall–Kier alpha value is -3.32. The topological polar surface area (TPSA) is 56.1 Å². The summed E-state index contributed by atoms with van der Waals surface area (Å²) in [6.45, 7) is 2.43. The number of ether oxygens (including phenoxy) is 2. The Morgan fingerprint density at radius 3 is 2.80 bits per heavy atom. The Balaban J connectivity index is 1.67. The van der Waals surface area contributed by atoms with Crippen molar-refractivity contribution in [2.75, 3.05) is 19.1 Å². The molecule has 4 rings (SSSR count). The predicted molar refractivity (Wildman–Crippen MR) is 119 cm³/mol. The third kappa shape index (κ3) is 3.76. The van der Waals surface area contributed by atoms with Crippen LogP contribution in [0.2, 0.25) is 0 Å². The van der Waals surface area contributed by atoms with Gasteiger partial charge in [-0.2, -0.15) is 0 Å². The number of aromatic nitrogens is 2. The number of carbonyl (C=O) groups is 1. The SMILES string of the molecule is CCc1nc2c(OCc3cccc(OC)c3)cccn2c1N(C)C(=O)c1cccs1. The van der Waals surface area contributed by atoms with Crippen molar-refractivity contribution in [1.82, 2.24) is 9.38 Å². The number of methoxy groups -OCH3 is 1. The Labute approximate surface area is 179 Å². The summed E-state index contributed by atoms with van der Waals surface area (Å²) in [4.78, 5) is 20.1. The van der Waals surface area contributed by atoms with Gasteiger partial charge in [0.1, 0.15) is 18.2 Å². The van der Waals surface area contributed by atoms with E-state index in [9.17, 15) is 4.79 Å². The first-order chi connectivity index (χ1) is 14.6. The highest BCUT2D eigenvalue weighted by Gasteiger charge is 2.23. The number of imidazole rings is 1. The van der Waals surface area contributed by atoms with Crippen LogP contribution in [0.4, 0.5) is 5.82 Å². The maximum atomic E-state index is 12.9. The van der Waals surface area contributed by atoms with Crippen molar-refractivity contribution in [3.8, 4) is 11.5 Å². The molecule has 154 valence electrons. The molecule has 1 aromatic carbocycles. The number of benzene rings is 1. The molecule has 0 unspecified atom stereocenters. The number of aryl methyl sites for hydroxylation is 1. The highest BCUT2D eigenvalue weighted by atomic mass is 32.1. The van der Waals surface area contributed by atoms with Gasteiger partial charge >= 0.3 is 0 Å². The monoisotopic (exact) mass is 421 g/mol. The second-order valence-corrected chi connectivity index (χ2v) is 7.73. The first-order valence-electron chi connectivity index (χ1n) is 9.69. The average molecular weight is 422 g/mol. The van der Waals surface area contributed by atoms with Gasteiger partial charge in [-0.3, -0.25) is 14.1 Å². The van der Waals surface area contributed by atoms with Crippen molar-refractivity contribution in [3.05, 3.63) is 76.2 Å². The number of hydrogen-bond acceptors (Lipinski definition) is 5. The van der Waals surface area contributed by atoms with E-state index in [1.165, 1.54) is 11.3 Å². The van der Waals surface area contributed by atoms with Crippen molar-refractivity contribution in [1.29, 1.82) is 0 Å². The first kappa shape index (κ1) is 20.0. The van der Waals surface area contributed by atoms with Crippen LogP contribution >= 0.6 is 11.3 Å². The van der Waals surface area contributed by atoms with E-state index in [0.717, 1.165) is 22.8 Å². The maximum absolute atomic E-state index is 12.9. The molecule has 0 saturated heterocycles. The van der Waals surface area contributed by atoms with Crippen LogP contribution < -0.4 is 14.4 Å². The number of hydrogen-bond donors (Lipinski definition) is 0. The van der Waals surface area contributed by atoms with Gasteiger partial charge < -0.3 is 9.47 Å². The number of amides is 1. The van der Waals surface area contributed by atoms with Crippen molar-refractivity contribution in [2.45, 2.75) is 20.0 Å². The average Bonchev–Trinajstić information content (AvgIpc) is 3.44. The molecule has 7 heteroatoms. The number of rotatable bonds is 7. The summed E-state index contributed by atoms with van der Waals surface area (Å²) in [5.41, 5.74) is 2.54. The summed E-state index contributed by atoms with van der Waals surface area (Å²) in [5, 5.41) is 1.90. The lowest BCUT2D eigenvalue weighted by molar-refractivity contribution is 0.0995. The Bertz CT molecular complexity index is 1170. The molecule has 3 heterocycles. The van der Waals surface area contributed by atoms with Crippen molar-refractivity contribution in [2.24, 2.45) is 0 Å². The molecule has 0 radical (unpaired) electrons. The molecule has 0 atom stereocenters. The molecule has 6 nitrogen and oxygen atoms in total. The van der Waals surface area contributed by atoms with E-state index in [-0.39, 0.29) is 5.91 Å². The molecule has 1 amide bonds. The molecule has 3 aromatic heterocycles. The fourth-order valence-corrected chi connectivity index (χ4v) is 4.07. The van der Waals surface area contributed by atoms with Gasteiger partial charge in [0.05, 0.1) is 17.7 Å². The molecular weight excluding hydrogens is 398 g/mol. The molecule has 0 saturated carbocycles. The summed E-state index contributed by atoms with van der Waals surface area (Å²) in [6, 6.07) is 15.3. The van der Waals surface area contributed by atoms with E-state index in [2.05, 4.69) is 0 Å². The van der Waals surface area contributed by atoms with Gasteiger partial charge in [-0.1, -0.05) is 25.1 Å². The largest absolute Gasteiger partial charge is 0.497 e. The van der Waals surface area contributed by atoms with E-state index in [4.69, 9.17) is 14.5 Å². The van der Waals surface area contributed by atoms with Crippen molar-refractivity contribution >= 4 is 28.7 Å². The zero-order valence-electron chi connectivity index (χ0n) is 17.2. The molecule has 0 aliphatic carbocycles. The van der Waals surface area contributed by atoms with Crippen LogP contribution in [0, 0.1) is 0 Å². The number of fused-ring (bicyclic) bond motifs is 1. The summed E-state index contributed by atoms with van der Waals surface area (Å²) in [7, 11) is 3.43. The summed E-state index contributed by atoms with van der Waals surface area (Å²) in [6.07, 6.45) is 2.61. The smallest absolute Gasteiger partial charge is 0.269 e. The molecule has 4 aromatic rings. The lowest BCUT2D eigenvalue weighted by atomic mass is 10.2. The normalized spacial score (nSPS) is 10.9. The minimum absolute atomic E-state index is 0.0517. The molecule has 0 aliphatic heterocycles. The molecule has 0 aliphatic rings. The molecule has 0 fully saturated rings. The molecule has 0 bridgehead atoms. The quantitative estimate of drug-likeness (QED) is 0.429. The molecule has 0 spiro atoms. The van der Waals surface area contributed by atoms with Gasteiger partial charge in [0.15, 0.2) is 11.4 Å². The minimum atomic E-state index is -0.0517. The lowest BCUT2D eigenvalue weighted by Gasteiger charge is -2.17. The molecule has 30 heavy (non-hydrogen) atoms. The molecular formula is C23H23N3O3S. The highest BCUT2D eigenvalue weighted by molar-refractivity contribution is 7.12. The Morgan fingerprint density at radius 2 is 2.07 bits per heavy atom. The van der Waals surface area contributed by atoms with E-state index in [1.807, 2.05) is 71.4 Å². The van der Waals surface area contributed by atoms with Crippen LogP contribution in [0.1, 0.15) is 27.9 Å². The summed E-state index contributed by atoms with van der Waals surface area (Å²) >= 11 is 1.43. The Morgan fingerprint density at radius 1 is 1.20 bits per heavy atom. The maximum Gasteiger partial charge on any atom is 0.269 e. The standard InChI is InChI=1S/C23H23N3O3S/c1-4-18-22(25(2)23(27)20-11-7-13-30-20)26-12-6-10-19(21(26)24-18)29-15-16-8-5-9-17(14-16)28-3/h5-14H,4,15H2,1-3H3. The second kappa shape index (κ2) is 8.59. The van der Waals surface area contributed by atoms with Crippen LogP contribution in [-0.4, -0.2) is 29.4 Å². The lowest BCUT2D eigenvalue weighted by Crippen LogP contribution is -2.27. The van der Waals surface area contributed by atoms with E-state index >= 15 is 0 Å². The van der Waals surface area contributed by atoms with Crippen LogP contribution in [0.25, 0.3) is 5.65 Å². The van der Waals surface area contributed by atoms with Gasteiger partial charge in [-0.25, -0.2) is 4.98 Å². The minimum Gasteiger partial charge on any atom is -0.497 e. The van der Waals surface area contributed by atoms with Gasteiger partial charge in [-0.05, 0) is 47.7 Å². The number of nitrogens with zero attached hydrogens (tertiary/aromatic N) is 3. The fraction of sp³-hybridized carbons (Fsp3) is 0.217. The number of thiophene rings is 1. The van der Waals surface area contributed by atoms with Crippen molar-refractivity contribution < 1.29 is 14.3 Å². The van der Waals surface area contributed by atoms with E-state index in [0.29, 0.717) is 29.3 Å². The predicted octanol–water partition coefficient (Wildman–Crippen LogP) is 4.82. The van der Waals surface area contributed by atoms with Gasteiger partial charge in [0, 0.05) is 13.2 Å². The third-order valence-electron chi connectivity index (χ3n) is 4.88. The highest BCUT2D eigenvalue weighted by Crippen LogP contribution is 2.30. The van der Waals surface area contributed by atoms with Crippen LogP contribution in [-0.2, 0) is 13.0 Å². The zero-order valence-corrected chi connectivity index (χ0v) is 18.0. The van der Waals surface area contributed by atoms with Crippen molar-refractivity contribution in [3.63, 3.8) is 0 Å². The van der Waals surface area contributed by atoms with Gasteiger partial charge in [0.2, 0.25) is 0 Å². The number of pyridine rings is 1. The van der Waals surface area contributed by atoms with Crippen LogP contribution in [0.3, 0.4) is 0 Å². The van der Waals surface area contributed by atoms with Crippen LogP contribution in [0.15, 0.2) is 60.1 Å². The summed E-state index contributed by atoms with van der Waals surface area (Å²) < 4.78 is 13.3. The van der Waals surface area contributed by atoms with E-state index < -0.39 is 0 Å².